The first-order valence-corrected chi connectivity index (χ1v) is 6.05. The number of H-pyrrole nitrogens is 1. The number of fused-ring (bicyclic) bond motifs is 1. The fourth-order valence-electron chi connectivity index (χ4n) is 2.34. The van der Waals surface area contributed by atoms with Crippen LogP contribution >= 0.6 is 11.6 Å². The zero-order chi connectivity index (χ0) is 11.0. The summed E-state index contributed by atoms with van der Waals surface area (Å²) in [5.41, 5.74) is 3.31. The zero-order valence-corrected chi connectivity index (χ0v) is 9.72. The number of pyridine rings is 1. The highest BCUT2D eigenvalue weighted by Crippen LogP contribution is 2.26. The van der Waals surface area contributed by atoms with Crippen molar-refractivity contribution in [2.75, 3.05) is 13.1 Å². The fraction of sp³-hybridized carbons (Fsp3) is 0.417. The summed E-state index contributed by atoms with van der Waals surface area (Å²) in [5, 5.41) is 4.11. The average molecular weight is 236 g/mol. The Bertz CT molecular complexity index is 500. The lowest BCUT2D eigenvalue weighted by atomic mass is 9.96. The molecule has 16 heavy (non-hydrogen) atoms. The summed E-state index contributed by atoms with van der Waals surface area (Å²) < 4.78 is 0. The third-order valence-electron chi connectivity index (χ3n) is 3.19. The highest BCUT2D eigenvalue weighted by atomic mass is 35.5. The van der Waals surface area contributed by atoms with Crippen LogP contribution in [-0.2, 0) is 0 Å². The predicted octanol–water partition coefficient (Wildman–Crippen LogP) is 2.68. The molecule has 2 aromatic heterocycles. The Hall–Kier alpha value is -1.06. The van der Waals surface area contributed by atoms with E-state index in [4.69, 9.17) is 11.6 Å². The third-order valence-corrected chi connectivity index (χ3v) is 3.40. The number of rotatable bonds is 1. The Morgan fingerprint density at radius 1 is 1.38 bits per heavy atom. The summed E-state index contributed by atoms with van der Waals surface area (Å²) in [5.74, 6) is 0.585. The first kappa shape index (κ1) is 10.1. The Balaban J connectivity index is 1.97. The van der Waals surface area contributed by atoms with Crippen molar-refractivity contribution < 1.29 is 0 Å². The van der Waals surface area contributed by atoms with Gasteiger partial charge >= 0.3 is 0 Å². The van der Waals surface area contributed by atoms with Crippen molar-refractivity contribution in [1.82, 2.24) is 15.3 Å². The number of hydrogen-bond acceptors (Lipinski definition) is 2. The monoisotopic (exact) mass is 235 g/mol. The molecule has 1 aliphatic heterocycles. The van der Waals surface area contributed by atoms with Gasteiger partial charge in [0.2, 0.25) is 0 Å². The molecule has 3 rings (SSSR count). The van der Waals surface area contributed by atoms with E-state index < -0.39 is 0 Å². The molecule has 4 heteroatoms. The molecular formula is C12H14ClN3. The van der Waals surface area contributed by atoms with Gasteiger partial charge in [-0.25, -0.2) is 0 Å². The van der Waals surface area contributed by atoms with Gasteiger partial charge in [0.25, 0.3) is 0 Å². The summed E-state index contributed by atoms with van der Waals surface area (Å²) in [7, 11) is 0. The molecule has 0 aliphatic carbocycles. The number of aromatic amines is 1. The van der Waals surface area contributed by atoms with Gasteiger partial charge < -0.3 is 10.3 Å². The number of halogens is 1. The molecule has 0 saturated carbocycles. The van der Waals surface area contributed by atoms with E-state index in [1.807, 2.05) is 6.07 Å². The molecule has 3 heterocycles. The summed E-state index contributed by atoms with van der Waals surface area (Å²) >= 11 is 5.92. The van der Waals surface area contributed by atoms with Gasteiger partial charge in [-0.2, -0.15) is 0 Å². The van der Waals surface area contributed by atoms with E-state index in [0.717, 1.165) is 24.1 Å². The second-order valence-corrected chi connectivity index (χ2v) is 4.79. The molecule has 0 bridgehead atoms. The third kappa shape index (κ3) is 1.81. The SMILES string of the molecule is Clc1cnc2cc(C3CCCNC3)[nH]c2c1. The van der Waals surface area contributed by atoms with Crippen LogP contribution in [0.5, 0.6) is 0 Å². The maximum absolute atomic E-state index is 5.92. The maximum Gasteiger partial charge on any atom is 0.0882 e. The summed E-state index contributed by atoms with van der Waals surface area (Å²) in [4.78, 5) is 7.73. The first-order valence-electron chi connectivity index (χ1n) is 5.68. The van der Waals surface area contributed by atoms with E-state index in [2.05, 4.69) is 21.4 Å². The molecule has 3 nitrogen and oxygen atoms in total. The van der Waals surface area contributed by atoms with Crippen LogP contribution in [-0.4, -0.2) is 23.1 Å². The van der Waals surface area contributed by atoms with Crippen molar-refractivity contribution in [2.45, 2.75) is 18.8 Å². The number of piperidine rings is 1. The second-order valence-electron chi connectivity index (χ2n) is 4.35. The van der Waals surface area contributed by atoms with Gasteiger partial charge in [0.05, 0.1) is 16.1 Å². The lowest BCUT2D eigenvalue weighted by Crippen LogP contribution is -2.28. The number of nitrogens with one attached hydrogen (secondary N) is 2. The average Bonchev–Trinajstić information content (AvgIpc) is 2.73. The summed E-state index contributed by atoms with van der Waals surface area (Å²) in [6.07, 6.45) is 4.18. The molecule has 1 fully saturated rings. The van der Waals surface area contributed by atoms with Crippen LogP contribution in [0.25, 0.3) is 11.0 Å². The molecule has 0 spiro atoms. The highest BCUT2D eigenvalue weighted by Gasteiger charge is 2.17. The van der Waals surface area contributed by atoms with Crippen LogP contribution in [0.3, 0.4) is 0 Å². The maximum atomic E-state index is 5.92. The predicted molar refractivity (Wildman–Crippen MR) is 65.9 cm³/mol. The summed E-state index contributed by atoms with van der Waals surface area (Å²) in [6.45, 7) is 2.20. The normalized spacial score (nSPS) is 21.4. The number of aromatic nitrogens is 2. The quantitative estimate of drug-likeness (QED) is 0.798. The highest BCUT2D eigenvalue weighted by molar-refractivity contribution is 6.31. The smallest absolute Gasteiger partial charge is 0.0882 e. The van der Waals surface area contributed by atoms with Gasteiger partial charge in [-0.15, -0.1) is 0 Å². The molecule has 1 aliphatic rings. The molecule has 1 atom stereocenters. The Kier molecular flexibility index (Phi) is 2.58. The standard InChI is InChI=1S/C12H14ClN3/c13-9-4-12-11(15-7-9)5-10(16-12)8-2-1-3-14-6-8/h4-5,7-8,14,16H,1-3,6H2. The molecule has 0 radical (unpaired) electrons. The number of hydrogen-bond donors (Lipinski definition) is 2. The van der Waals surface area contributed by atoms with E-state index in [0.29, 0.717) is 10.9 Å². The van der Waals surface area contributed by atoms with Crippen LogP contribution < -0.4 is 5.32 Å². The first-order chi connectivity index (χ1) is 7.83. The molecule has 2 N–H and O–H groups in total. The van der Waals surface area contributed by atoms with Gasteiger partial charge in [-0.05, 0) is 31.5 Å². The van der Waals surface area contributed by atoms with Gasteiger partial charge in [0.1, 0.15) is 0 Å². The molecule has 2 aromatic rings. The van der Waals surface area contributed by atoms with Gasteiger partial charge in [-0.3, -0.25) is 4.98 Å². The molecule has 0 aromatic carbocycles. The lowest BCUT2D eigenvalue weighted by Gasteiger charge is -2.21. The van der Waals surface area contributed by atoms with E-state index in [-0.39, 0.29) is 0 Å². The minimum absolute atomic E-state index is 0.585. The minimum atomic E-state index is 0.585. The van der Waals surface area contributed by atoms with Crippen molar-refractivity contribution in [3.8, 4) is 0 Å². The van der Waals surface area contributed by atoms with Crippen molar-refractivity contribution in [3.05, 3.63) is 29.0 Å². The lowest BCUT2D eigenvalue weighted by molar-refractivity contribution is 0.456. The van der Waals surface area contributed by atoms with Crippen molar-refractivity contribution >= 4 is 22.6 Å². The molecule has 0 amide bonds. The zero-order valence-electron chi connectivity index (χ0n) is 8.96. The van der Waals surface area contributed by atoms with Crippen molar-refractivity contribution in [3.63, 3.8) is 0 Å². The molecule has 84 valence electrons. The molecule has 1 unspecified atom stereocenters. The topological polar surface area (TPSA) is 40.7 Å². The van der Waals surface area contributed by atoms with Gasteiger partial charge in [0.15, 0.2) is 0 Å². The van der Waals surface area contributed by atoms with Crippen LogP contribution in [0.1, 0.15) is 24.5 Å². The van der Waals surface area contributed by atoms with Crippen molar-refractivity contribution in [2.24, 2.45) is 0 Å². The van der Waals surface area contributed by atoms with Crippen LogP contribution in [0.15, 0.2) is 18.3 Å². The van der Waals surface area contributed by atoms with E-state index in [9.17, 15) is 0 Å². The van der Waals surface area contributed by atoms with E-state index in [1.165, 1.54) is 18.5 Å². The second kappa shape index (κ2) is 4.07. The fourth-order valence-corrected chi connectivity index (χ4v) is 2.50. The Labute approximate surface area is 99.2 Å². The molecular weight excluding hydrogens is 222 g/mol. The van der Waals surface area contributed by atoms with Gasteiger partial charge in [-0.1, -0.05) is 11.6 Å². The van der Waals surface area contributed by atoms with Crippen LogP contribution in [0.4, 0.5) is 0 Å². The van der Waals surface area contributed by atoms with E-state index in [1.54, 1.807) is 6.20 Å². The van der Waals surface area contributed by atoms with E-state index >= 15 is 0 Å². The van der Waals surface area contributed by atoms with Crippen LogP contribution in [0, 0.1) is 0 Å². The summed E-state index contributed by atoms with van der Waals surface area (Å²) in [6, 6.07) is 4.08. The van der Waals surface area contributed by atoms with Gasteiger partial charge in [0, 0.05) is 24.4 Å². The van der Waals surface area contributed by atoms with Crippen LogP contribution in [0.2, 0.25) is 5.02 Å². The molecule has 1 saturated heterocycles. The largest absolute Gasteiger partial charge is 0.357 e. The Morgan fingerprint density at radius 2 is 2.31 bits per heavy atom. The Morgan fingerprint density at radius 3 is 3.12 bits per heavy atom. The number of nitrogens with zero attached hydrogens (tertiary/aromatic N) is 1. The minimum Gasteiger partial charge on any atom is -0.357 e. The van der Waals surface area contributed by atoms with Crippen molar-refractivity contribution in [1.29, 1.82) is 0 Å².